The van der Waals surface area contributed by atoms with Crippen LogP contribution >= 0.6 is 11.8 Å². The van der Waals surface area contributed by atoms with E-state index in [1.54, 1.807) is 28.6 Å². The summed E-state index contributed by atoms with van der Waals surface area (Å²) >= 11 is 1.54. The first kappa shape index (κ1) is 13.0. The first-order valence-corrected chi connectivity index (χ1v) is 7.18. The molecule has 0 aliphatic carbocycles. The first-order chi connectivity index (χ1) is 9.78. The molecule has 0 saturated heterocycles. The summed E-state index contributed by atoms with van der Waals surface area (Å²) in [6, 6.07) is 6.45. The average Bonchev–Trinajstić information content (AvgIpc) is 2.90. The predicted octanol–water partition coefficient (Wildman–Crippen LogP) is 2.67. The summed E-state index contributed by atoms with van der Waals surface area (Å²) in [6.07, 6.45) is 1.52. The molecule has 102 valence electrons. The lowest BCUT2D eigenvalue weighted by molar-refractivity contribution is 0.627. The highest BCUT2D eigenvalue weighted by Gasteiger charge is 2.11. The summed E-state index contributed by atoms with van der Waals surface area (Å²) < 4.78 is 14.6. The molecule has 0 atom stereocenters. The summed E-state index contributed by atoms with van der Waals surface area (Å²) in [5.74, 6) is 0.472. The van der Waals surface area contributed by atoms with E-state index in [1.165, 1.54) is 18.5 Å². The maximum atomic E-state index is 12.9. The summed E-state index contributed by atoms with van der Waals surface area (Å²) in [5, 5.41) is 8.96. The molecule has 0 bridgehead atoms. The lowest BCUT2D eigenvalue weighted by Gasteiger charge is -2.02. The van der Waals surface area contributed by atoms with Crippen molar-refractivity contribution in [3.63, 3.8) is 0 Å². The van der Waals surface area contributed by atoms with Crippen LogP contribution in [0.2, 0.25) is 0 Å². The van der Waals surface area contributed by atoms with E-state index in [1.807, 2.05) is 6.92 Å². The Balaban J connectivity index is 1.84. The van der Waals surface area contributed by atoms with Crippen molar-refractivity contribution in [1.29, 1.82) is 0 Å². The molecule has 5 nitrogen and oxygen atoms in total. The third kappa shape index (κ3) is 2.49. The number of hydrogen-bond acceptors (Lipinski definition) is 5. The number of thioether (sulfide) groups is 1. The summed E-state index contributed by atoms with van der Waals surface area (Å²) in [4.78, 5) is 8.45. The highest BCUT2D eigenvalue weighted by Crippen LogP contribution is 2.25. The van der Waals surface area contributed by atoms with E-state index in [0.717, 1.165) is 22.8 Å². The number of hydrogen-bond donors (Lipinski definition) is 0. The molecule has 0 spiro atoms. The zero-order valence-electron chi connectivity index (χ0n) is 10.8. The zero-order chi connectivity index (χ0) is 13.9. The molecule has 3 rings (SSSR count). The summed E-state index contributed by atoms with van der Waals surface area (Å²) in [6.45, 7) is 2.71. The van der Waals surface area contributed by atoms with Gasteiger partial charge in [-0.3, -0.25) is 0 Å². The van der Waals surface area contributed by atoms with Crippen molar-refractivity contribution in [1.82, 2.24) is 25.0 Å². The van der Waals surface area contributed by atoms with Crippen LogP contribution in [0.1, 0.15) is 12.5 Å². The van der Waals surface area contributed by atoms with Gasteiger partial charge >= 0.3 is 0 Å². The molecule has 0 aliphatic heterocycles. The number of aromatic nitrogens is 5. The van der Waals surface area contributed by atoms with Gasteiger partial charge in [0.15, 0.2) is 11.2 Å². The van der Waals surface area contributed by atoms with E-state index >= 15 is 0 Å². The Bertz CT molecular complexity index is 725. The second-order valence-corrected chi connectivity index (χ2v) is 5.14. The second kappa shape index (κ2) is 5.54. The highest BCUT2D eigenvalue weighted by molar-refractivity contribution is 7.98. The van der Waals surface area contributed by atoms with Crippen LogP contribution in [-0.2, 0) is 12.3 Å². The molecule has 0 saturated carbocycles. The van der Waals surface area contributed by atoms with Crippen molar-refractivity contribution in [2.24, 2.45) is 0 Å². The Morgan fingerprint density at radius 2 is 2.00 bits per heavy atom. The van der Waals surface area contributed by atoms with Gasteiger partial charge in [0.2, 0.25) is 0 Å². The van der Waals surface area contributed by atoms with Crippen LogP contribution < -0.4 is 0 Å². The Morgan fingerprint density at radius 3 is 2.75 bits per heavy atom. The molecule has 7 heteroatoms. The third-order valence-electron chi connectivity index (χ3n) is 2.85. The Kier molecular flexibility index (Phi) is 3.60. The largest absolute Gasteiger partial charge is 0.227 e. The fourth-order valence-corrected chi connectivity index (χ4v) is 2.71. The zero-order valence-corrected chi connectivity index (χ0v) is 11.6. The third-order valence-corrected chi connectivity index (χ3v) is 3.90. The Morgan fingerprint density at radius 1 is 1.20 bits per heavy atom. The maximum absolute atomic E-state index is 12.9. The highest BCUT2D eigenvalue weighted by atomic mass is 32.2. The molecule has 3 aromatic rings. The van der Waals surface area contributed by atoms with E-state index in [9.17, 15) is 4.39 Å². The Labute approximate surface area is 119 Å². The van der Waals surface area contributed by atoms with E-state index in [0.29, 0.717) is 11.3 Å². The number of aryl methyl sites for hydroxylation is 1. The first-order valence-electron chi connectivity index (χ1n) is 6.19. The molecule has 0 amide bonds. The Hall–Kier alpha value is -2.02. The minimum absolute atomic E-state index is 0.228. The van der Waals surface area contributed by atoms with E-state index in [-0.39, 0.29) is 5.82 Å². The minimum Gasteiger partial charge on any atom is -0.227 e. The van der Waals surface area contributed by atoms with Gasteiger partial charge in [-0.1, -0.05) is 29.1 Å². The van der Waals surface area contributed by atoms with Gasteiger partial charge in [0, 0.05) is 12.3 Å². The molecular weight excluding hydrogens is 277 g/mol. The van der Waals surface area contributed by atoms with Gasteiger partial charge in [-0.2, -0.15) is 0 Å². The van der Waals surface area contributed by atoms with Crippen molar-refractivity contribution in [3.05, 3.63) is 42.0 Å². The van der Waals surface area contributed by atoms with Crippen LogP contribution in [0.25, 0.3) is 11.2 Å². The van der Waals surface area contributed by atoms with Gasteiger partial charge in [-0.15, -0.1) is 5.10 Å². The second-order valence-electron chi connectivity index (χ2n) is 4.17. The predicted molar refractivity (Wildman–Crippen MR) is 74.8 cm³/mol. The SMILES string of the molecule is CCn1nnc2c(SCc3ccc(F)cc3)ncnc21. The van der Waals surface area contributed by atoms with Crippen LogP contribution in [0.15, 0.2) is 35.6 Å². The fourth-order valence-electron chi connectivity index (χ4n) is 1.82. The molecule has 0 unspecified atom stereocenters. The number of rotatable bonds is 4. The topological polar surface area (TPSA) is 56.5 Å². The van der Waals surface area contributed by atoms with Crippen LogP contribution in [0.3, 0.4) is 0 Å². The lowest BCUT2D eigenvalue weighted by atomic mass is 10.2. The maximum Gasteiger partial charge on any atom is 0.182 e. The van der Waals surface area contributed by atoms with Crippen molar-refractivity contribution in [2.75, 3.05) is 0 Å². The summed E-state index contributed by atoms with van der Waals surface area (Å²) in [5.41, 5.74) is 2.48. The molecule has 0 radical (unpaired) electrons. The molecule has 0 N–H and O–H groups in total. The molecule has 1 aromatic carbocycles. The van der Waals surface area contributed by atoms with Crippen molar-refractivity contribution < 1.29 is 4.39 Å². The van der Waals surface area contributed by atoms with Crippen LogP contribution in [0.5, 0.6) is 0 Å². The standard InChI is InChI=1S/C13H12FN5S/c1-2-19-12-11(17-18-19)13(16-8-15-12)20-7-9-3-5-10(14)6-4-9/h3-6,8H,2,7H2,1H3. The smallest absolute Gasteiger partial charge is 0.182 e. The number of nitrogens with zero attached hydrogens (tertiary/aromatic N) is 5. The quantitative estimate of drug-likeness (QED) is 0.546. The van der Waals surface area contributed by atoms with Crippen molar-refractivity contribution >= 4 is 22.9 Å². The van der Waals surface area contributed by atoms with E-state index in [4.69, 9.17) is 0 Å². The molecule has 0 fully saturated rings. The molecule has 2 heterocycles. The molecule has 20 heavy (non-hydrogen) atoms. The molecular formula is C13H12FN5S. The average molecular weight is 289 g/mol. The monoisotopic (exact) mass is 289 g/mol. The van der Waals surface area contributed by atoms with Crippen molar-refractivity contribution in [2.45, 2.75) is 24.2 Å². The number of halogens is 1. The normalized spacial score (nSPS) is 11.1. The van der Waals surface area contributed by atoms with Crippen LogP contribution in [0.4, 0.5) is 4.39 Å². The van der Waals surface area contributed by atoms with Gasteiger partial charge < -0.3 is 0 Å². The van der Waals surface area contributed by atoms with Crippen molar-refractivity contribution in [3.8, 4) is 0 Å². The van der Waals surface area contributed by atoms with Crippen LogP contribution in [-0.4, -0.2) is 25.0 Å². The molecule has 2 aromatic heterocycles. The van der Waals surface area contributed by atoms with Gasteiger partial charge in [0.25, 0.3) is 0 Å². The fraction of sp³-hybridized carbons (Fsp3) is 0.231. The number of fused-ring (bicyclic) bond motifs is 1. The van der Waals surface area contributed by atoms with Gasteiger partial charge in [0.05, 0.1) is 0 Å². The van der Waals surface area contributed by atoms with E-state index < -0.39 is 0 Å². The molecule has 0 aliphatic rings. The van der Waals surface area contributed by atoms with Gasteiger partial charge in [0.1, 0.15) is 17.2 Å². The summed E-state index contributed by atoms with van der Waals surface area (Å²) in [7, 11) is 0. The van der Waals surface area contributed by atoms with Crippen LogP contribution in [0, 0.1) is 5.82 Å². The van der Waals surface area contributed by atoms with E-state index in [2.05, 4.69) is 20.3 Å². The minimum atomic E-state index is -0.228. The van der Waals surface area contributed by atoms with Gasteiger partial charge in [-0.25, -0.2) is 19.0 Å². The lowest BCUT2D eigenvalue weighted by Crippen LogP contribution is -1.97. The van der Waals surface area contributed by atoms with Gasteiger partial charge in [-0.05, 0) is 24.6 Å². The number of benzene rings is 1.